The van der Waals surface area contributed by atoms with Crippen LogP contribution in [0.3, 0.4) is 0 Å². The second-order valence-electron chi connectivity index (χ2n) is 4.93. The molecule has 23 heavy (non-hydrogen) atoms. The summed E-state index contributed by atoms with van der Waals surface area (Å²) in [7, 11) is 1.60. The van der Waals surface area contributed by atoms with Gasteiger partial charge in [-0.2, -0.15) is 0 Å². The number of anilines is 1. The highest BCUT2D eigenvalue weighted by Crippen LogP contribution is 2.22. The maximum Gasteiger partial charge on any atom is 0.193 e. The number of nitrogens with two attached hydrogens (primary N) is 1. The van der Waals surface area contributed by atoms with Crippen molar-refractivity contribution in [3.05, 3.63) is 58.3 Å². The summed E-state index contributed by atoms with van der Waals surface area (Å²) in [5.74, 6) is 0.803. The van der Waals surface area contributed by atoms with Gasteiger partial charge in [-0.15, -0.1) is 0 Å². The smallest absolute Gasteiger partial charge is 0.193 e. The Hall–Kier alpha value is -2.08. The van der Waals surface area contributed by atoms with E-state index in [2.05, 4.69) is 26.2 Å². The van der Waals surface area contributed by atoms with Gasteiger partial charge in [0.15, 0.2) is 5.96 Å². The number of nitrogens with zero attached hydrogens (tertiary/aromatic N) is 1. The number of guanidine groups is 1. The first-order chi connectivity index (χ1) is 11.1. The minimum Gasteiger partial charge on any atom is -0.495 e. The van der Waals surface area contributed by atoms with E-state index in [-0.39, 0.29) is 5.82 Å². The minimum absolute atomic E-state index is 0.205. The van der Waals surface area contributed by atoms with Crippen LogP contribution in [0.25, 0.3) is 0 Å². The first kappa shape index (κ1) is 17.3. The van der Waals surface area contributed by atoms with Crippen molar-refractivity contribution in [3.8, 4) is 5.75 Å². The monoisotopic (exact) mass is 379 g/mol. The minimum atomic E-state index is -0.205. The molecule has 0 radical (unpaired) electrons. The van der Waals surface area contributed by atoms with Crippen LogP contribution in [-0.4, -0.2) is 19.6 Å². The van der Waals surface area contributed by atoms with E-state index in [0.29, 0.717) is 36.7 Å². The quantitative estimate of drug-likeness (QED) is 0.453. The van der Waals surface area contributed by atoms with Crippen LogP contribution in [0.5, 0.6) is 5.75 Å². The van der Waals surface area contributed by atoms with Gasteiger partial charge in [0.1, 0.15) is 11.6 Å². The highest BCUT2D eigenvalue weighted by molar-refractivity contribution is 9.10. The summed E-state index contributed by atoms with van der Waals surface area (Å²) in [6, 6.07) is 12.5. The summed E-state index contributed by atoms with van der Waals surface area (Å²) in [5.41, 5.74) is 7.30. The molecule has 0 spiro atoms. The normalized spacial score (nSPS) is 11.3. The second-order valence-corrected chi connectivity index (χ2v) is 5.85. The Bertz CT molecular complexity index is 691. The van der Waals surface area contributed by atoms with E-state index in [0.717, 1.165) is 10.2 Å². The zero-order valence-electron chi connectivity index (χ0n) is 12.9. The Morgan fingerprint density at radius 1 is 1.30 bits per heavy atom. The molecule has 0 atom stereocenters. The van der Waals surface area contributed by atoms with Crippen LogP contribution in [0.2, 0.25) is 0 Å². The molecule has 0 saturated carbocycles. The van der Waals surface area contributed by atoms with Gasteiger partial charge in [0, 0.05) is 11.0 Å². The molecular formula is C17H19BrFN3O. The van der Waals surface area contributed by atoms with Gasteiger partial charge in [-0.25, -0.2) is 4.39 Å². The molecule has 0 bridgehead atoms. The standard InChI is InChI=1S/C17H19BrFN3O/c1-23-16-7-3-2-6-15(16)22-17(20)21-10-4-5-12-8-9-13(18)11-14(12)19/h2-3,6-9,11H,4-5,10H2,1H3,(H3,20,21,22). The SMILES string of the molecule is COc1ccccc1NC(N)=NCCCc1ccc(Br)cc1F. The number of ether oxygens (including phenoxy) is 1. The molecule has 0 aliphatic rings. The molecule has 122 valence electrons. The van der Waals surface area contributed by atoms with Gasteiger partial charge in [-0.3, -0.25) is 4.99 Å². The lowest BCUT2D eigenvalue weighted by Gasteiger charge is -2.10. The molecule has 0 heterocycles. The van der Waals surface area contributed by atoms with E-state index in [1.54, 1.807) is 13.2 Å². The Balaban J connectivity index is 1.85. The molecule has 2 aromatic carbocycles. The Morgan fingerprint density at radius 2 is 2.09 bits per heavy atom. The number of hydrogen-bond acceptors (Lipinski definition) is 2. The summed E-state index contributed by atoms with van der Waals surface area (Å²) in [6.45, 7) is 0.517. The number of hydrogen-bond donors (Lipinski definition) is 2. The highest BCUT2D eigenvalue weighted by Gasteiger charge is 2.04. The highest BCUT2D eigenvalue weighted by atomic mass is 79.9. The fourth-order valence-electron chi connectivity index (χ4n) is 2.12. The molecule has 0 aliphatic carbocycles. The van der Waals surface area contributed by atoms with Gasteiger partial charge in [0.25, 0.3) is 0 Å². The van der Waals surface area contributed by atoms with E-state index in [1.165, 1.54) is 6.07 Å². The lowest BCUT2D eigenvalue weighted by atomic mass is 10.1. The fourth-order valence-corrected chi connectivity index (χ4v) is 2.45. The Labute approximate surface area is 143 Å². The van der Waals surface area contributed by atoms with Crippen LogP contribution in [0.1, 0.15) is 12.0 Å². The topological polar surface area (TPSA) is 59.6 Å². The van der Waals surface area contributed by atoms with Crippen molar-refractivity contribution in [2.24, 2.45) is 10.7 Å². The molecule has 0 fully saturated rings. The Morgan fingerprint density at radius 3 is 2.83 bits per heavy atom. The van der Waals surface area contributed by atoms with E-state index in [9.17, 15) is 4.39 Å². The molecule has 3 N–H and O–H groups in total. The summed E-state index contributed by atoms with van der Waals surface area (Å²) >= 11 is 3.24. The summed E-state index contributed by atoms with van der Waals surface area (Å²) in [6.07, 6.45) is 1.33. The van der Waals surface area contributed by atoms with Gasteiger partial charge < -0.3 is 15.8 Å². The summed E-state index contributed by atoms with van der Waals surface area (Å²) < 4.78 is 19.7. The van der Waals surface area contributed by atoms with E-state index >= 15 is 0 Å². The van der Waals surface area contributed by atoms with E-state index in [1.807, 2.05) is 30.3 Å². The van der Waals surface area contributed by atoms with E-state index in [4.69, 9.17) is 10.5 Å². The third-order valence-electron chi connectivity index (χ3n) is 3.27. The molecule has 0 saturated heterocycles. The number of aryl methyl sites for hydroxylation is 1. The lowest BCUT2D eigenvalue weighted by Crippen LogP contribution is -2.23. The number of para-hydroxylation sites is 2. The van der Waals surface area contributed by atoms with Crippen LogP contribution in [0.4, 0.5) is 10.1 Å². The molecule has 0 aliphatic heterocycles. The third-order valence-corrected chi connectivity index (χ3v) is 3.76. The lowest BCUT2D eigenvalue weighted by molar-refractivity contribution is 0.417. The van der Waals surface area contributed by atoms with Crippen LogP contribution >= 0.6 is 15.9 Å². The largest absolute Gasteiger partial charge is 0.495 e. The first-order valence-corrected chi connectivity index (χ1v) is 8.03. The predicted octanol–water partition coefficient (Wildman–Crippen LogP) is 3.96. The van der Waals surface area contributed by atoms with Crippen molar-refractivity contribution < 1.29 is 9.13 Å². The van der Waals surface area contributed by atoms with Gasteiger partial charge in [0.05, 0.1) is 12.8 Å². The van der Waals surface area contributed by atoms with Crippen molar-refractivity contribution >= 4 is 27.6 Å². The number of aliphatic imine (C=N–C) groups is 1. The van der Waals surface area contributed by atoms with Crippen molar-refractivity contribution in [1.29, 1.82) is 0 Å². The number of methoxy groups -OCH3 is 1. The zero-order valence-corrected chi connectivity index (χ0v) is 14.4. The van der Waals surface area contributed by atoms with Crippen LogP contribution in [0, 0.1) is 5.82 Å². The third kappa shape index (κ3) is 5.25. The summed E-state index contributed by atoms with van der Waals surface area (Å²) in [4.78, 5) is 4.25. The predicted molar refractivity (Wildman–Crippen MR) is 95.5 cm³/mol. The van der Waals surface area contributed by atoms with Crippen molar-refractivity contribution in [2.45, 2.75) is 12.8 Å². The fraction of sp³-hybridized carbons (Fsp3) is 0.235. The van der Waals surface area contributed by atoms with Gasteiger partial charge in [0.2, 0.25) is 0 Å². The van der Waals surface area contributed by atoms with Gasteiger partial charge in [-0.1, -0.05) is 34.1 Å². The summed E-state index contributed by atoms with van der Waals surface area (Å²) in [5, 5.41) is 3.00. The Kier molecular flexibility index (Phi) is 6.40. The maximum atomic E-state index is 13.7. The van der Waals surface area contributed by atoms with Crippen LogP contribution in [0.15, 0.2) is 51.9 Å². The molecule has 2 aromatic rings. The van der Waals surface area contributed by atoms with Gasteiger partial charge in [-0.05, 0) is 42.7 Å². The average Bonchev–Trinajstić information content (AvgIpc) is 2.53. The zero-order chi connectivity index (χ0) is 16.7. The van der Waals surface area contributed by atoms with E-state index < -0.39 is 0 Å². The molecule has 2 rings (SSSR count). The molecule has 6 heteroatoms. The second kappa shape index (κ2) is 8.53. The average molecular weight is 380 g/mol. The van der Waals surface area contributed by atoms with Gasteiger partial charge >= 0.3 is 0 Å². The van der Waals surface area contributed by atoms with Crippen LogP contribution in [-0.2, 0) is 6.42 Å². The maximum absolute atomic E-state index is 13.7. The number of rotatable bonds is 6. The van der Waals surface area contributed by atoms with Crippen LogP contribution < -0.4 is 15.8 Å². The molecule has 0 aromatic heterocycles. The first-order valence-electron chi connectivity index (χ1n) is 7.24. The van der Waals surface area contributed by atoms with Crippen molar-refractivity contribution in [1.82, 2.24) is 0 Å². The van der Waals surface area contributed by atoms with Crippen molar-refractivity contribution in [3.63, 3.8) is 0 Å². The molecule has 0 unspecified atom stereocenters. The number of nitrogens with one attached hydrogen (secondary N) is 1. The number of halogens is 2. The van der Waals surface area contributed by atoms with Crippen molar-refractivity contribution in [2.75, 3.05) is 19.0 Å². The molecule has 4 nitrogen and oxygen atoms in total. The molecule has 0 amide bonds. The number of benzene rings is 2. The molecular weight excluding hydrogens is 361 g/mol.